The van der Waals surface area contributed by atoms with Crippen LogP contribution in [0, 0.1) is 5.82 Å². The Morgan fingerprint density at radius 2 is 1.90 bits per heavy atom. The second kappa shape index (κ2) is 9.13. The summed E-state index contributed by atoms with van der Waals surface area (Å²) in [5.74, 6) is 0.252. The van der Waals surface area contributed by atoms with E-state index in [0.717, 1.165) is 10.4 Å². The third kappa shape index (κ3) is 5.08. The predicted molar refractivity (Wildman–Crippen MR) is 116 cm³/mol. The van der Waals surface area contributed by atoms with Crippen molar-refractivity contribution in [2.75, 3.05) is 44.2 Å². The van der Waals surface area contributed by atoms with Crippen LogP contribution < -0.4 is 5.32 Å². The first-order valence-corrected chi connectivity index (χ1v) is 12.9. The van der Waals surface area contributed by atoms with Crippen LogP contribution in [0.4, 0.5) is 4.39 Å². The highest BCUT2D eigenvalue weighted by Crippen LogP contribution is 2.26. The summed E-state index contributed by atoms with van der Waals surface area (Å²) >= 11 is 1.59. The van der Waals surface area contributed by atoms with E-state index in [1.807, 2.05) is 22.4 Å². The van der Waals surface area contributed by atoms with E-state index >= 15 is 0 Å². The third-order valence-corrected chi connectivity index (χ3v) is 8.57. The Balaban J connectivity index is 1.32. The molecule has 162 valence electrons. The molecule has 1 aromatic heterocycles. The van der Waals surface area contributed by atoms with Crippen molar-refractivity contribution < 1.29 is 17.6 Å². The molecule has 2 fully saturated rings. The van der Waals surface area contributed by atoms with Gasteiger partial charge in [-0.05, 0) is 35.6 Å². The van der Waals surface area contributed by atoms with Gasteiger partial charge < -0.3 is 4.90 Å². The minimum Gasteiger partial charge on any atom is -0.339 e. The first kappa shape index (κ1) is 21.4. The smallest absolute Gasteiger partial charge is 0.236 e. The number of benzene rings is 1. The molecule has 0 saturated carbocycles. The molecule has 0 radical (unpaired) electrons. The van der Waals surface area contributed by atoms with Crippen LogP contribution >= 0.6 is 11.3 Å². The molecular formula is C21H26FN3O3S2. The van der Waals surface area contributed by atoms with E-state index in [-0.39, 0.29) is 41.9 Å². The number of hydrogen-bond acceptors (Lipinski definition) is 6. The summed E-state index contributed by atoms with van der Waals surface area (Å²) in [5.41, 5.74) is 0.916. The van der Waals surface area contributed by atoms with Gasteiger partial charge in [-0.1, -0.05) is 18.2 Å². The Morgan fingerprint density at radius 3 is 2.50 bits per heavy atom. The molecule has 1 amide bonds. The zero-order chi connectivity index (χ0) is 21.1. The summed E-state index contributed by atoms with van der Waals surface area (Å²) in [7, 11) is -2.90. The molecule has 2 atom stereocenters. The molecule has 6 nitrogen and oxygen atoms in total. The Bertz CT molecular complexity index is 956. The number of thiophene rings is 1. The van der Waals surface area contributed by atoms with Crippen molar-refractivity contribution in [1.29, 1.82) is 0 Å². The Morgan fingerprint density at radius 1 is 1.17 bits per heavy atom. The summed E-state index contributed by atoms with van der Waals surface area (Å²) in [6, 6.07) is 10.2. The maximum absolute atomic E-state index is 13.3. The third-order valence-electron chi connectivity index (χ3n) is 5.88. The van der Waals surface area contributed by atoms with Crippen LogP contribution in [0.2, 0.25) is 0 Å². The molecule has 30 heavy (non-hydrogen) atoms. The van der Waals surface area contributed by atoms with Gasteiger partial charge in [0.05, 0.1) is 24.1 Å². The maximum atomic E-state index is 13.3. The molecule has 0 bridgehead atoms. The summed E-state index contributed by atoms with van der Waals surface area (Å²) in [4.78, 5) is 17.9. The van der Waals surface area contributed by atoms with Crippen molar-refractivity contribution in [3.05, 3.63) is 58.0 Å². The molecule has 0 unspecified atom stereocenters. The number of halogens is 1. The minimum absolute atomic E-state index is 0.0253. The molecule has 1 aromatic carbocycles. The van der Waals surface area contributed by atoms with Gasteiger partial charge in [-0.3, -0.25) is 15.0 Å². The van der Waals surface area contributed by atoms with Crippen molar-refractivity contribution >= 4 is 27.1 Å². The van der Waals surface area contributed by atoms with E-state index in [1.54, 1.807) is 23.5 Å². The van der Waals surface area contributed by atoms with E-state index in [4.69, 9.17) is 0 Å². The number of amides is 1. The average Bonchev–Trinajstić information content (AvgIpc) is 3.39. The zero-order valence-corrected chi connectivity index (χ0v) is 18.3. The molecule has 0 spiro atoms. The van der Waals surface area contributed by atoms with E-state index in [0.29, 0.717) is 32.6 Å². The topological polar surface area (TPSA) is 69.7 Å². The molecule has 3 heterocycles. The summed E-state index contributed by atoms with van der Waals surface area (Å²) < 4.78 is 36.8. The lowest BCUT2D eigenvalue weighted by Crippen LogP contribution is -2.53. The molecule has 2 aliphatic heterocycles. The number of hydrogen-bond donors (Lipinski definition) is 1. The van der Waals surface area contributed by atoms with Crippen molar-refractivity contribution in [1.82, 2.24) is 15.1 Å². The SMILES string of the molecule is O=C(CN[C@@H](c1ccc(F)cc1)c1cccs1)N1CCN([C@H]2CCS(=O)(=O)C2)CC1. The second-order valence-corrected chi connectivity index (χ2v) is 11.1. The number of sulfone groups is 1. The Hall–Kier alpha value is -1.81. The molecular weight excluding hydrogens is 425 g/mol. The lowest BCUT2D eigenvalue weighted by Gasteiger charge is -2.37. The fourth-order valence-electron chi connectivity index (χ4n) is 4.19. The number of nitrogens with zero attached hydrogens (tertiary/aromatic N) is 2. The van der Waals surface area contributed by atoms with Gasteiger partial charge in [0, 0.05) is 37.1 Å². The molecule has 1 N–H and O–H groups in total. The first-order chi connectivity index (χ1) is 14.4. The van der Waals surface area contributed by atoms with Crippen LogP contribution in [-0.2, 0) is 14.6 Å². The highest BCUT2D eigenvalue weighted by molar-refractivity contribution is 7.91. The van der Waals surface area contributed by atoms with E-state index in [1.165, 1.54) is 12.1 Å². The summed E-state index contributed by atoms with van der Waals surface area (Å²) in [6.45, 7) is 2.82. The summed E-state index contributed by atoms with van der Waals surface area (Å²) in [5, 5.41) is 5.32. The van der Waals surface area contributed by atoms with Crippen LogP contribution in [0.15, 0.2) is 41.8 Å². The highest BCUT2D eigenvalue weighted by atomic mass is 32.2. The lowest BCUT2D eigenvalue weighted by molar-refractivity contribution is -0.132. The Kier molecular flexibility index (Phi) is 6.52. The minimum atomic E-state index is -2.90. The van der Waals surface area contributed by atoms with Gasteiger partial charge in [0.1, 0.15) is 5.82 Å². The van der Waals surface area contributed by atoms with Crippen molar-refractivity contribution in [2.45, 2.75) is 18.5 Å². The standard InChI is InChI=1S/C21H26FN3O3S2/c22-17-5-3-16(4-6-17)21(19-2-1-12-29-19)23-14-20(26)25-10-8-24(9-11-25)18-7-13-30(27,28)15-18/h1-6,12,18,21,23H,7-11,13-15H2/t18-,21-/m0/s1. The molecule has 4 rings (SSSR count). The Labute approximate surface area is 180 Å². The van der Waals surface area contributed by atoms with Gasteiger partial charge in [-0.2, -0.15) is 0 Å². The molecule has 2 aliphatic rings. The highest BCUT2D eigenvalue weighted by Gasteiger charge is 2.34. The number of carbonyl (C=O) groups excluding carboxylic acids is 1. The van der Waals surface area contributed by atoms with Gasteiger partial charge in [0.25, 0.3) is 0 Å². The molecule has 2 saturated heterocycles. The fourth-order valence-corrected chi connectivity index (χ4v) is 6.78. The van der Waals surface area contributed by atoms with Gasteiger partial charge in [0.15, 0.2) is 9.84 Å². The van der Waals surface area contributed by atoms with Crippen LogP contribution in [0.1, 0.15) is 22.9 Å². The van der Waals surface area contributed by atoms with E-state index in [2.05, 4.69) is 10.2 Å². The van der Waals surface area contributed by atoms with Crippen molar-refractivity contribution in [3.63, 3.8) is 0 Å². The monoisotopic (exact) mass is 451 g/mol. The fraction of sp³-hybridized carbons (Fsp3) is 0.476. The molecule has 0 aliphatic carbocycles. The molecule has 2 aromatic rings. The average molecular weight is 452 g/mol. The summed E-state index contributed by atoms with van der Waals surface area (Å²) in [6.07, 6.45) is 0.692. The largest absolute Gasteiger partial charge is 0.339 e. The van der Waals surface area contributed by atoms with Crippen LogP contribution in [0.25, 0.3) is 0 Å². The van der Waals surface area contributed by atoms with Gasteiger partial charge in [-0.15, -0.1) is 11.3 Å². The van der Waals surface area contributed by atoms with Gasteiger partial charge in [-0.25, -0.2) is 12.8 Å². The predicted octanol–water partition coefficient (Wildman–Crippen LogP) is 1.90. The number of rotatable bonds is 6. The number of nitrogens with one attached hydrogen (secondary N) is 1. The van der Waals surface area contributed by atoms with E-state index in [9.17, 15) is 17.6 Å². The lowest BCUT2D eigenvalue weighted by atomic mass is 10.1. The van der Waals surface area contributed by atoms with Crippen LogP contribution in [0.5, 0.6) is 0 Å². The number of carbonyl (C=O) groups is 1. The molecule has 9 heteroatoms. The maximum Gasteiger partial charge on any atom is 0.236 e. The quantitative estimate of drug-likeness (QED) is 0.727. The van der Waals surface area contributed by atoms with Gasteiger partial charge in [0.2, 0.25) is 5.91 Å². The normalized spacial score (nSPS) is 22.8. The second-order valence-electron chi connectivity index (χ2n) is 7.85. The van der Waals surface area contributed by atoms with Crippen LogP contribution in [0.3, 0.4) is 0 Å². The van der Waals surface area contributed by atoms with Gasteiger partial charge >= 0.3 is 0 Å². The first-order valence-electron chi connectivity index (χ1n) is 10.2. The van der Waals surface area contributed by atoms with Crippen molar-refractivity contribution in [3.8, 4) is 0 Å². The number of piperazine rings is 1. The zero-order valence-electron chi connectivity index (χ0n) is 16.7. The van der Waals surface area contributed by atoms with E-state index < -0.39 is 9.84 Å². The van der Waals surface area contributed by atoms with Crippen LogP contribution in [-0.4, -0.2) is 74.4 Å². The van der Waals surface area contributed by atoms with Crippen molar-refractivity contribution in [2.24, 2.45) is 0 Å².